The Hall–Kier alpha value is -1.52. The first-order valence-electron chi connectivity index (χ1n) is 5.18. The molecule has 0 atom stereocenters. The number of likely N-dealkylation sites (N-methyl/N-ethyl adjacent to an activating group) is 1. The summed E-state index contributed by atoms with van der Waals surface area (Å²) in [7, 11) is 1.61. The average Bonchev–Trinajstić information content (AvgIpc) is 2.29. The van der Waals surface area contributed by atoms with E-state index in [1.54, 1.807) is 31.5 Å². The van der Waals surface area contributed by atoms with Crippen LogP contribution in [0.15, 0.2) is 30.5 Å². The predicted molar refractivity (Wildman–Crippen MR) is 68.7 cm³/mol. The molecule has 0 unspecified atom stereocenters. The quantitative estimate of drug-likeness (QED) is 0.863. The summed E-state index contributed by atoms with van der Waals surface area (Å²) in [6.07, 6.45) is 3.29. The van der Waals surface area contributed by atoms with Crippen molar-refractivity contribution in [2.45, 2.75) is 0 Å². The number of hydrogen-bond acceptors (Lipinski definition) is 2. The standard InChI is InChI=1S/C12H15ClN2O2/c1-15(7-8-16)12(17)14-6-5-10-3-2-4-11(13)9-10/h2-6,9,16H,7-8H2,1H3,(H,14,17)/b6-5+. The van der Waals surface area contributed by atoms with Crippen LogP contribution in [0.25, 0.3) is 6.08 Å². The van der Waals surface area contributed by atoms with Gasteiger partial charge in [-0.15, -0.1) is 0 Å². The van der Waals surface area contributed by atoms with Crippen molar-refractivity contribution in [3.8, 4) is 0 Å². The van der Waals surface area contributed by atoms with Gasteiger partial charge in [0.15, 0.2) is 0 Å². The third kappa shape index (κ3) is 4.89. The summed E-state index contributed by atoms with van der Waals surface area (Å²) in [5.74, 6) is 0. The number of benzene rings is 1. The second kappa shape index (κ2) is 6.93. The van der Waals surface area contributed by atoms with Gasteiger partial charge in [0.25, 0.3) is 0 Å². The minimum absolute atomic E-state index is 0.0536. The Bertz CT molecular complexity index is 407. The van der Waals surface area contributed by atoms with Crippen LogP contribution in [0, 0.1) is 0 Å². The third-order valence-corrected chi connectivity index (χ3v) is 2.35. The highest BCUT2D eigenvalue weighted by atomic mass is 35.5. The molecular formula is C12H15ClN2O2. The molecule has 2 amide bonds. The van der Waals surface area contributed by atoms with E-state index >= 15 is 0 Å². The van der Waals surface area contributed by atoms with Crippen LogP contribution in [-0.2, 0) is 0 Å². The molecule has 0 aliphatic carbocycles. The molecule has 5 heteroatoms. The highest BCUT2D eigenvalue weighted by Crippen LogP contribution is 2.11. The zero-order valence-electron chi connectivity index (χ0n) is 9.56. The van der Waals surface area contributed by atoms with E-state index in [4.69, 9.17) is 16.7 Å². The smallest absolute Gasteiger partial charge is 0.321 e. The van der Waals surface area contributed by atoms with Gasteiger partial charge in [-0.25, -0.2) is 4.79 Å². The Labute approximate surface area is 106 Å². The first-order valence-corrected chi connectivity index (χ1v) is 5.56. The average molecular weight is 255 g/mol. The fraction of sp³-hybridized carbons (Fsp3) is 0.250. The summed E-state index contributed by atoms with van der Waals surface area (Å²) in [6.45, 7) is 0.249. The molecule has 0 aromatic heterocycles. The fourth-order valence-electron chi connectivity index (χ4n) is 1.18. The number of nitrogens with zero attached hydrogens (tertiary/aromatic N) is 1. The number of amides is 2. The van der Waals surface area contributed by atoms with Crippen LogP contribution in [-0.4, -0.2) is 36.2 Å². The van der Waals surface area contributed by atoms with Crippen molar-refractivity contribution < 1.29 is 9.90 Å². The molecule has 0 aliphatic heterocycles. The maximum absolute atomic E-state index is 11.4. The number of nitrogens with one attached hydrogen (secondary N) is 1. The molecule has 92 valence electrons. The van der Waals surface area contributed by atoms with Gasteiger partial charge < -0.3 is 15.3 Å². The Balaban J connectivity index is 2.47. The van der Waals surface area contributed by atoms with Gasteiger partial charge in [0, 0.05) is 24.8 Å². The number of halogens is 1. The molecule has 0 spiro atoms. The molecule has 0 saturated heterocycles. The van der Waals surface area contributed by atoms with Crippen LogP contribution >= 0.6 is 11.6 Å². The lowest BCUT2D eigenvalue weighted by Crippen LogP contribution is -2.36. The minimum Gasteiger partial charge on any atom is -0.395 e. The normalized spacial score (nSPS) is 10.5. The van der Waals surface area contributed by atoms with Gasteiger partial charge in [0.05, 0.1) is 6.61 Å². The Kier molecular flexibility index (Phi) is 5.52. The summed E-state index contributed by atoms with van der Waals surface area (Å²) >= 11 is 5.82. The van der Waals surface area contributed by atoms with Crippen molar-refractivity contribution in [1.29, 1.82) is 0 Å². The highest BCUT2D eigenvalue weighted by molar-refractivity contribution is 6.30. The monoisotopic (exact) mass is 254 g/mol. The Morgan fingerprint density at radius 2 is 2.35 bits per heavy atom. The molecule has 1 aromatic carbocycles. The van der Waals surface area contributed by atoms with Gasteiger partial charge in [-0.05, 0) is 23.8 Å². The molecule has 0 radical (unpaired) electrons. The minimum atomic E-state index is -0.266. The zero-order chi connectivity index (χ0) is 12.7. The molecule has 4 nitrogen and oxygen atoms in total. The van der Waals surface area contributed by atoms with E-state index in [0.29, 0.717) is 11.6 Å². The molecular weight excluding hydrogens is 240 g/mol. The second-order valence-electron chi connectivity index (χ2n) is 3.48. The van der Waals surface area contributed by atoms with Gasteiger partial charge in [0.1, 0.15) is 0 Å². The lowest BCUT2D eigenvalue weighted by atomic mass is 10.2. The molecule has 0 bridgehead atoms. The van der Waals surface area contributed by atoms with Crippen LogP contribution < -0.4 is 5.32 Å². The lowest BCUT2D eigenvalue weighted by molar-refractivity contribution is 0.194. The number of carbonyl (C=O) groups is 1. The first kappa shape index (κ1) is 13.5. The summed E-state index contributed by atoms with van der Waals surface area (Å²) in [5, 5.41) is 11.9. The number of urea groups is 1. The number of rotatable bonds is 4. The van der Waals surface area contributed by atoms with Crippen molar-refractivity contribution >= 4 is 23.7 Å². The zero-order valence-corrected chi connectivity index (χ0v) is 10.3. The summed E-state index contributed by atoms with van der Waals surface area (Å²) in [6, 6.07) is 7.03. The van der Waals surface area contributed by atoms with Gasteiger partial charge in [-0.2, -0.15) is 0 Å². The molecule has 0 aliphatic rings. The Morgan fingerprint density at radius 1 is 1.59 bits per heavy atom. The van der Waals surface area contributed by atoms with E-state index in [9.17, 15) is 4.79 Å². The van der Waals surface area contributed by atoms with Crippen LogP contribution in [0.3, 0.4) is 0 Å². The molecule has 0 fully saturated rings. The fourth-order valence-corrected chi connectivity index (χ4v) is 1.38. The highest BCUT2D eigenvalue weighted by Gasteiger charge is 2.03. The predicted octanol–water partition coefficient (Wildman–Crippen LogP) is 1.94. The molecule has 2 N–H and O–H groups in total. The van der Waals surface area contributed by atoms with Crippen molar-refractivity contribution in [1.82, 2.24) is 10.2 Å². The van der Waals surface area contributed by atoms with Crippen LogP contribution in [0.1, 0.15) is 5.56 Å². The number of carbonyl (C=O) groups excluding carboxylic acids is 1. The van der Waals surface area contributed by atoms with E-state index in [1.165, 1.54) is 4.90 Å². The van der Waals surface area contributed by atoms with Crippen molar-refractivity contribution in [3.63, 3.8) is 0 Å². The molecule has 1 rings (SSSR count). The third-order valence-electron chi connectivity index (χ3n) is 2.11. The van der Waals surface area contributed by atoms with Crippen molar-refractivity contribution in [2.75, 3.05) is 20.2 Å². The summed E-state index contributed by atoms with van der Waals surface area (Å²) in [5.41, 5.74) is 0.905. The molecule has 0 saturated carbocycles. The summed E-state index contributed by atoms with van der Waals surface area (Å²) < 4.78 is 0. The van der Waals surface area contributed by atoms with E-state index in [2.05, 4.69) is 5.32 Å². The first-order chi connectivity index (χ1) is 8.13. The Morgan fingerprint density at radius 3 is 3.00 bits per heavy atom. The maximum atomic E-state index is 11.4. The van der Waals surface area contributed by atoms with E-state index in [-0.39, 0.29) is 12.6 Å². The van der Waals surface area contributed by atoms with Gasteiger partial charge in [-0.1, -0.05) is 23.7 Å². The van der Waals surface area contributed by atoms with E-state index < -0.39 is 0 Å². The molecule has 17 heavy (non-hydrogen) atoms. The number of aliphatic hydroxyl groups excluding tert-OH is 1. The van der Waals surface area contributed by atoms with Gasteiger partial charge >= 0.3 is 6.03 Å². The molecule has 0 heterocycles. The van der Waals surface area contributed by atoms with Crippen molar-refractivity contribution in [3.05, 3.63) is 41.1 Å². The van der Waals surface area contributed by atoms with E-state index in [1.807, 2.05) is 12.1 Å². The second-order valence-corrected chi connectivity index (χ2v) is 3.92. The summed E-state index contributed by atoms with van der Waals surface area (Å²) in [4.78, 5) is 12.8. The maximum Gasteiger partial charge on any atom is 0.321 e. The largest absolute Gasteiger partial charge is 0.395 e. The lowest BCUT2D eigenvalue weighted by Gasteiger charge is -2.14. The van der Waals surface area contributed by atoms with Crippen LogP contribution in [0.2, 0.25) is 5.02 Å². The van der Waals surface area contributed by atoms with E-state index in [0.717, 1.165) is 5.56 Å². The number of aliphatic hydroxyl groups is 1. The SMILES string of the molecule is CN(CCO)C(=O)N/C=C/c1cccc(Cl)c1. The van der Waals surface area contributed by atoms with Gasteiger partial charge in [0.2, 0.25) is 0 Å². The molecule has 1 aromatic rings. The van der Waals surface area contributed by atoms with Crippen LogP contribution in [0.4, 0.5) is 4.79 Å². The topological polar surface area (TPSA) is 52.6 Å². The van der Waals surface area contributed by atoms with Crippen LogP contribution in [0.5, 0.6) is 0 Å². The van der Waals surface area contributed by atoms with Gasteiger partial charge in [-0.3, -0.25) is 0 Å². The number of hydrogen-bond donors (Lipinski definition) is 2. The van der Waals surface area contributed by atoms with Crippen molar-refractivity contribution in [2.24, 2.45) is 0 Å².